The zero-order chi connectivity index (χ0) is 12.2. The van der Waals surface area contributed by atoms with Crippen LogP contribution in [0.2, 0.25) is 0 Å². The van der Waals surface area contributed by atoms with Gasteiger partial charge in [-0.25, -0.2) is 0 Å². The molecule has 2 heteroatoms. The van der Waals surface area contributed by atoms with E-state index < -0.39 is 5.54 Å². The fraction of sp³-hybridized carbons (Fsp3) is 0.929. The van der Waals surface area contributed by atoms with E-state index in [-0.39, 0.29) is 0 Å². The molecule has 0 saturated heterocycles. The van der Waals surface area contributed by atoms with Gasteiger partial charge in [0.25, 0.3) is 0 Å². The largest absolute Gasteiger partial charge is 0.319 e. The van der Waals surface area contributed by atoms with Crippen molar-refractivity contribution in [2.45, 2.75) is 71.3 Å². The predicted molar refractivity (Wildman–Crippen MR) is 68.2 cm³/mol. The van der Waals surface area contributed by atoms with Gasteiger partial charge in [0.1, 0.15) is 0 Å². The minimum Gasteiger partial charge on any atom is -0.319 e. The molecule has 0 radical (unpaired) electrons. The Hall–Kier alpha value is -0.370. The van der Waals surface area contributed by atoms with Gasteiger partial charge >= 0.3 is 0 Å². The van der Waals surface area contributed by atoms with E-state index in [9.17, 15) is 4.79 Å². The van der Waals surface area contributed by atoms with Crippen LogP contribution in [0, 0.1) is 11.8 Å². The Kier molecular flexibility index (Phi) is 4.97. The summed E-state index contributed by atoms with van der Waals surface area (Å²) in [5, 5.41) is 0. The maximum absolute atomic E-state index is 12.1. The van der Waals surface area contributed by atoms with Crippen LogP contribution in [-0.2, 0) is 4.79 Å². The lowest BCUT2D eigenvalue weighted by Crippen LogP contribution is -2.50. The summed E-state index contributed by atoms with van der Waals surface area (Å²) in [5.74, 6) is 1.61. The number of carbonyl (C=O) groups is 1. The Balaban J connectivity index is 2.39. The van der Waals surface area contributed by atoms with Crippen LogP contribution >= 0.6 is 0 Å². The van der Waals surface area contributed by atoms with Gasteiger partial charge in [-0.3, -0.25) is 4.79 Å². The fourth-order valence-electron chi connectivity index (χ4n) is 2.76. The zero-order valence-electron chi connectivity index (χ0n) is 11.1. The van der Waals surface area contributed by atoms with Gasteiger partial charge in [0.05, 0.1) is 5.54 Å². The van der Waals surface area contributed by atoms with Crippen LogP contribution in [0.15, 0.2) is 0 Å². The topological polar surface area (TPSA) is 43.1 Å². The minimum atomic E-state index is -0.491. The molecule has 0 aromatic carbocycles. The van der Waals surface area contributed by atoms with E-state index in [1.165, 1.54) is 6.42 Å². The van der Waals surface area contributed by atoms with Crippen LogP contribution in [0.3, 0.4) is 0 Å². The number of carbonyl (C=O) groups excluding carboxylic acids is 1. The van der Waals surface area contributed by atoms with E-state index in [1.54, 1.807) is 0 Å². The van der Waals surface area contributed by atoms with Crippen molar-refractivity contribution in [3.8, 4) is 0 Å². The summed E-state index contributed by atoms with van der Waals surface area (Å²) in [5.41, 5.74) is 5.77. The van der Waals surface area contributed by atoms with Crippen molar-refractivity contribution in [3.05, 3.63) is 0 Å². The highest BCUT2D eigenvalue weighted by atomic mass is 16.1. The molecule has 0 bridgehead atoms. The molecule has 2 unspecified atom stereocenters. The molecule has 0 heterocycles. The van der Waals surface area contributed by atoms with Crippen LogP contribution in [0.5, 0.6) is 0 Å². The van der Waals surface area contributed by atoms with Crippen molar-refractivity contribution in [1.29, 1.82) is 0 Å². The summed E-state index contributed by atoms with van der Waals surface area (Å²) in [6.07, 6.45) is 6.97. The van der Waals surface area contributed by atoms with Gasteiger partial charge in [0, 0.05) is 6.42 Å². The Labute approximate surface area is 100.0 Å². The first-order chi connectivity index (χ1) is 7.44. The van der Waals surface area contributed by atoms with Crippen LogP contribution in [0.25, 0.3) is 0 Å². The summed E-state index contributed by atoms with van der Waals surface area (Å²) in [6.45, 7) is 6.61. The molecule has 2 nitrogen and oxygen atoms in total. The summed E-state index contributed by atoms with van der Waals surface area (Å²) in [4.78, 5) is 12.1. The average Bonchev–Trinajstić information content (AvgIpc) is 2.16. The van der Waals surface area contributed by atoms with E-state index >= 15 is 0 Å². The number of Topliss-reactive ketones (excluding diaryl/α,β-unsaturated/α-hetero) is 1. The number of nitrogens with two attached hydrogens (primary N) is 1. The summed E-state index contributed by atoms with van der Waals surface area (Å²) < 4.78 is 0. The molecule has 2 atom stereocenters. The van der Waals surface area contributed by atoms with E-state index in [0.717, 1.165) is 32.1 Å². The Morgan fingerprint density at radius 2 is 2.19 bits per heavy atom. The molecule has 1 aliphatic rings. The van der Waals surface area contributed by atoms with Crippen molar-refractivity contribution in [3.63, 3.8) is 0 Å². The highest BCUT2D eigenvalue weighted by Gasteiger charge is 2.36. The smallest absolute Gasteiger partial charge is 0.152 e. The van der Waals surface area contributed by atoms with Crippen molar-refractivity contribution >= 4 is 5.78 Å². The molecule has 94 valence electrons. The second kappa shape index (κ2) is 5.81. The average molecular weight is 225 g/mol. The quantitative estimate of drug-likeness (QED) is 0.780. The number of rotatable bonds is 5. The first-order valence-corrected chi connectivity index (χ1v) is 6.76. The predicted octanol–water partition coefficient (Wildman–Crippen LogP) is 3.29. The third-order valence-corrected chi connectivity index (χ3v) is 3.77. The Bertz CT molecular complexity index is 237. The van der Waals surface area contributed by atoms with E-state index in [4.69, 9.17) is 5.73 Å². The number of hydrogen-bond acceptors (Lipinski definition) is 2. The molecule has 1 fully saturated rings. The third-order valence-electron chi connectivity index (χ3n) is 3.77. The lowest BCUT2D eigenvalue weighted by molar-refractivity contribution is -0.126. The van der Waals surface area contributed by atoms with Gasteiger partial charge in [0.2, 0.25) is 0 Å². The molecular weight excluding hydrogens is 198 g/mol. The SMILES string of the molecule is CC(C)CCCC(=O)C1(N)CCCC(C)C1. The lowest BCUT2D eigenvalue weighted by atomic mass is 9.73. The molecule has 0 spiro atoms. The Morgan fingerprint density at radius 3 is 2.75 bits per heavy atom. The summed E-state index contributed by atoms with van der Waals surface area (Å²) in [7, 11) is 0. The third kappa shape index (κ3) is 3.89. The van der Waals surface area contributed by atoms with E-state index in [0.29, 0.717) is 24.0 Å². The van der Waals surface area contributed by atoms with E-state index in [1.807, 2.05) is 0 Å². The molecule has 0 amide bonds. The van der Waals surface area contributed by atoms with Gasteiger partial charge in [-0.05, 0) is 31.1 Å². The number of hydrogen-bond donors (Lipinski definition) is 1. The molecule has 1 saturated carbocycles. The van der Waals surface area contributed by atoms with Crippen LogP contribution < -0.4 is 5.73 Å². The zero-order valence-corrected chi connectivity index (χ0v) is 11.1. The molecule has 2 N–H and O–H groups in total. The second-order valence-electron chi connectivity index (χ2n) is 6.07. The summed E-state index contributed by atoms with van der Waals surface area (Å²) >= 11 is 0. The molecule has 0 aromatic rings. The van der Waals surface area contributed by atoms with E-state index in [2.05, 4.69) is 20.8 Å². The highest BCUT2D eigenvalue weighted by Crippen LogP contribution is 2.32. The molecule has 1 aliphatic carbocycles. The van der Waals surface area contributed by atoms with Gasteiger partial charge < -0.3 is 5.73 Å². The van der Waals surface area contributed by atoms with Crippen molar-refractivity contribution < 1.29 is 4.79 Å². The maximum Gasteiger partial charge on any atom is 0.152 e. The lowest BCUT2D eigenvalue weighted by Gasteiger charge is -2.35. The van der Waals surface area contributed by atoms with Crippen LogP contribution in [-0.4, -0.2) is 11.3 Å². The Morgan fingerprint density at radius 1 is 1.50 bits per heavy atom. The summed E-state index contributed by atoms with van der Waals surface area (Å²) in [6, 6.07) is 0. The van der Waals surface area contributed by atoms with Gasteiger partial charge in [-0.1, -0.05) is 40.0 Å². The minimum absolute atomic E-state index is 0.305. The van der Waals surface area contributed by atoms with Crippen LogP contribution in [0.4, 0.5) is 0 Å². The van der Waals surface area contributed by atoms with Gasteiger partial charge in [-0.15, -0.1) is 0 Å². The molecule has 1 rings (SSSR count). The molecule has 0 aromatic heterocycles. The van der Waals surface area contributed by atoms with Crippen molar-refractivity contribution in [2.24, 2.45) is 17.6 Å². The highest BCUT2D eigenvalue weighted by molar-refractivity contribution is 5.88. The molecule has 16 heavy (non-hydrogen) atoms. The second-order valence-corrected chi connectivity index (χ2v) is 6.07. The van der Waals surface area contributed by atoms with Crippen LogP contribution in [0.1, 0.15) is 65.7 Å². The van der Waals surface area contributed by atoms with Gasteiger partial charge in [0.15, 0.2) is 5.78 Å². The van der Waals surface area contributed by atoms with Crippen molar-refractivity contribution in [2.75, 3.05) is 0 Å². The number of ketones is 1. The maximum atomic E-state index is 12.1. The fourth-order valence-corrected chi connectivity index (χ4v) is 2.76. The van der Waals surface area contributed by atoms with Crippen molar-refractivity contribution in [1.82, 2.24) is 0 Å². The first-order valence-electron chi connectivity index (χ1n) is 6.76. The normalized spacial score (nSPS) is 30.7. The molecular formula is C14H27NO. The standard InChI is InChI=1S/C14H27NO/c1-11(2)6-4-8-13(16)14(15)9-5-7-12(3)10-14/h11-12H,4-10,15H2,1-3H3. The first kappa shape index (κ1) is 13.7. The molecule has 0 aliphatic heterocycles. The monoisotopic (exact) mass is 225 g/mol. The van der Waals surface area contributed by atoms with Gasteiger partial charge in [-0.2, -0.15) is 0 Å².